The maximum Gasteiger partial charge on any atom is 0.225 e. The second kappa shape index (κ2) is 7.50. The second-order valence-electron chi connectivity index (χ2n) is 6.80. The first-order chi connectivity index (χ1) is 13.2. The van der Waals surface area contributed by atoms with E-state index in [1.165, 1.54) is 16.5 Å². The van der Waals surface area contributed by atoms with Gasteiger partial charge in [-0.25, -0.2) is 0 Å². The minimum Gasteiger partial charge on any atom is -0.361 e. The molecule has 27 heavy (non-hydrogen) atoms. The molecule has 0 aliphatic rings. The number of fused-ring (bicyclic) bond motifs is 1. The van der Waals surface area contributed by atoms with Gasteiger partial charge in [0.15, 0.2) is 5.82 Å². The standard InChI is InChI=1S/C22H22N4O/c1-16-5-4-6-17(13-16)15-26-12-11-21(25-26)24-22(27)10-9-18-14-23-20-8-3-2-7-19(18)20/h2-8,11-14,23H,9-10,15H2,1H3,(H,24,25,27). The van der Waals surface area contributed by atoms with Gasteiger partial charge in [-0.3, -0.25) is 9.48 Å². The summed E-state index contributed by atoms with van der Waals surface area (Å²) < 4.78 is 1.84. The van der Waals surface area contributed by atoms with Gasteiger partial charge in [0.05, 0.1) is 6.54 Å². The molecule has 4 rings (SSSR count). The SMILES string of the molecule is Cc1cccc(Cn2ccc(NC(=O)CCc3c[nH]c4ccccc34)n2)c1. The van der Waals surface area contributed by atoms with E-state index in [-0.39, 0.29) is 5.91 Å². The maximum absolute atomic E-state index is 12.3. The number of carbonyl (C=O) groups excluding carboxylic acids is 1. The smallest absolute Gasteiger partial charge is 0.225 e. The van der Waals surface area contributed by atoms with Gasteiger partial charge in [0.25, 0.3) is 0 Å². The van der Waals surface area contributed by atoms with Gasteiger partial charge in [-0.2, -0.15) is 5.10 Å². The van der Waals surface area contributed by atoms with Crippen molar-refractivity contribution in [3.63, 3.8) is 0 Å². The number of rotatable bonds is 6. The summed E-state index contributed by atoms with van der Waals surface area (Å²) in [6.07, 6.45) is 4.98. The number of anilines is 1. The molecule has 5 heteroatoms. The van der Waals surface area contributed by atoms with E-state index in [0.29, 0.717) is 25.2 Å². The number of hydrogen-bond acceptors (Lipinski definition) is 2. The number of nitrogens with one attached hydrogen (secondary N) is 2. The van der Waals surface area contributed by atoms with E-state index in [1.807, 2.05) is 47.4 Å². The molecule has 2 heterocycles. The van der Waals surface area contributed by atoms with E-state index in [1.54, 1.807) is 0 Å². The van der Waals surface area contributed by atoms with Crippen LogP contribution < -0.4 is 5.32 Å². The topological polar surface area (TPSA) is 62.7 Å². The van der Waals surface area contributed by atoms with Gasteiger partial charge < -0.3 is 10.3 Å². The van der Waals surface area contributed by atoms with E-state index < -0.39 is 0 Å². The maximum atomic E-state index is 12.3. The van der Waals surface area contributed by atoms with Gasteiger partial charge in [-0.05, 0) is 30.5 Å². The van der Waals surface area contributed by atoms with E-state index in [4.69, 9.17) is 0 Å². The Bertz CT molecular complexity index is 1080. The summed E-state index contributed by atoms with van der Waals surface area (Å²) >= 11 is 0. The van der Waals surface area contributed by atoms with Crippen molar-refractivity contribution in [2.75, 3.05) is 5.32 Å². The zero-order chi connectivity index (χ0) is 18.6. The van der Waals surface area contributed by atoms with E-state index in [0.717, 1.165) is 11.1 Å². The fourth-order valence-corrected chi connectivity index (χ4v) is 3.31. The first-order valence-corrected chi connectivity index (χ1v) is 9.11. The van der Waals surface area contributed by atoms with Crippen molar-refractivity contribution in [3.8, 4) is 0 Å². The van der Waals surface area contributed by atoms with Crippen LogP contribution in [0.3, 0.4) is 0 Å². The summed E-state index contributed by atoms with van der Waals surface area (Å²) in [4.78, 5) is 15.5. The van der Waals surface area contributed by atoms with E-state index in [2.05, 4.69) is 46.6 Å². The number of nitrogens with zero attached hydrogens (tertiary/aromatic N) is 2. The molecule has 1 amide bonds. The molecule has 0 atom stereocenters. The summed E-state index contributed by atoms with van der Waals surface area (Å²) in [6.45, 7) is 2.76. The number of carbonyl (C=O) groups is 1. The molecule has 0 saturated carbocycles. The largest absolute Gasteiger partial charge is 0.361 e. The highest BCUT2D eigenvalue weighted by molar-refractivity contribution is 5.90. The molecule has 0 aliphatic carbocycles. The number of para-hydroxylation sites is 1. The predicted octanol–water partition coefficient (Wildman–Crippen LogP) is 4.29. The minimum atomic E-state index is -0.0268. The van der Waals surface area contributed by atoms with Crippen LogP contribution in [0.2, 0.25) is 0 Å². The Hall–Kier alpha value is -3.34. The van der Waals surface area contributed by atoms with Crippen molar-refractivity contribution in [3.05, 3.63) is 83.7 Å². The van der Waals surface area contributed by atoms with Crippen molar-refractivity contribution in [2.45, 2.75) is 26.3 Å². The van der Waals surface area contributed by atoms with Gasteiger partial charge in [-0.15, -0.1) is 0 Å². The van der Waals surface area contributed by atoms with Crippen molar-refractivity contribution < 1.29 is 4.79 Å². The van der Waals surface area contributed by atoms with Crippen LogP contribution in [0.25, 0.3) is 10.9 Å². The molecular weight excluding hydrogens is 336 g/mol. The average Bonchev–Trinajstić information content (AvgIpc) is 3.27. The van der Waals surface area contributed by atoms with Crippen LogP contribution in [-0.4, -0.2) is 20.7 Å². The Morgan fingerprint density at radius 1 is 1.15 bits per heavy atom. The minimum absolute atomic E-state index is 0.0268. The number of benzene rings is 2. The molecule has 0 saturated heterocycles. The number of aromatic amines is 1. The Balaban J connectivity index is 1.34. The molecule has 0 spiro atoms. The normalized spacial score (nSPS) is 11.0. The molecule has 2 aromatic carbocycles. The monoisotopic (exact) mass is 358 g/mol. The molecule has 4 aromatic rings. The summed E-state index contributed by atoms with van der Waals surface area (Å²) in [5, 5.41) is 8.51. The Morgan fingerprint density at radius 3 is 2.93 bits per heavy atom. The Kier molecular flexibility index (Phi) is 4.75. The Morgan fingerprint density at radius 2 is 2.04 bits per heavy atom. The van der Waals surface area contributed by atoms with Crippen molar-refractivity contribution in [1.82, 2.24) is 14.8 Å². The number of H-pyrrole nitrogens is 1. The summed E-state index contributed by atoms with van der Waals surface area (Å²) in [5.74, 6) is 0.563. The molecule has 0 radical (unpaired) electrons. The lowest BCUT2D eigenvalue weighted by atomic mass is 10.1. The first-order valence-electron chi connectivity index (χ1n) is 9.11. The lowest BCUT2D eigenvalue weighted by molar-refractivity contribution is -0.116. The molecule has 0 aliphatic heterocycles. The van der Waals surface area contributed by atoms with Gasteiger partial charge in [-0.1, -0.05) is 48.0 Å². The van der Waals surface area contributed by atoms with Crippen LogP contribution in [0.5, 0.6) is 0 Å². The number of amides is 1. The molecule has 136 valence electrons. The van der Waals surface area contributed by atoms with Gasteiger partial charge in [0.1, 0.15) is 0 Å². The number of aryl methyl sites for hydroxylation is 2. The fraction of sp³-hybridized carbons (Fsp3) is 0.182. The van der Waals surface area contributed by atoms with Crippen molar-refractivity contribution in [1.29, 1.82) is 0 Å². The van der Waals surface area contributed by atoms with Crippen LogP contribution in [0.4, 0.5) is 5.82 Å². The molecule has 2 N–H and O–H groups in total. The highest BCUT2D eigenvalue weighted by Crippen LogP contribution is 2.19. The van der Waals surface area contributed by atoms with E-state index >= 15 is 0 Å². The molecule has 0 unspecified atom stereocenters. The van der Waals surface area contributed by atoms with Crippen LogP contribution in [-0.2, 0) is 17.8 Å². The molecule has 5 nitrogen and oxygen atoms in total. The molecule has 2 aromatic heterocycles. The van der Waals surface area contributed by atoms with Crippen LogP contribution >= 0.6 is 0 Å². The van der Waals surface area contributed by atoms with Crippen molar-refractivity contribution in [2.24, 2.45) is 0 Å². The molecular formula is C22H22N4O. The number of hydrogen-bond donors (Lipinski definition) is 2. The summed E-state index contributed by atoms with van der Waals surface area (Å²) in [6, 6.07) is 18.3. The third-order valence-corrected chi connectivity index (χ3v) is 4.63. The average molecular weight is 358 g/mol. The number of aromatic nitrogens is 3. The van der Waals surface area contributed by atoms with Gasteiger partial charge >= 0.3 is 0 Å². The first kappa shape index (κ1) is 17.1. The van der Waals surface area contributed by atoms with Gasteiger partial charge in [0.2, 0.25) is 5.91 Å². The highest BCUT2D eigenvalue weighted by atomic mass is 16.1. The summed E-state index contributed by atoms with van der Waals surface area (Å²) in [5.41, 5.74) is 4.68. The second-order valence-corrected chi connectivity index (χ2v) is 6.80. The lowest BCUT2D eigenvalue weighted by Crippen LogP contribution is -2.13. The van der Waals surface area contributed by atoms with Crippen molar-refractivity contribution >= 4 is 22.6 Å². The molecule has 0 fully saturated rings. The van der Waals surface area contributed by atoms with Crippen LogP contribution in [0.15, 0.2) is 67.0 Å². The Labute approximate surface area is 158 Å². The fourth-order valence-electron chi connectivity index (χ4n) is 3.31. The lowest BCUT2D eigenvalue weighted by Gasteiger charge is -2.04. The van der Waals surface area contributed by atoms with E-state index in [9.17, 15) is 4.79 Å². The zero-order valence-corrected chi connectivity index (χ0v) is 15.3. The quantitative estimate of drug-likeness (QED) is 0.540. The summed E-state index contributed by atoms with van der Waals surface area (Å²) in [7, 11) is 0. The highest BCUT2D eigenvalue weighted by Gasteiger charge is 2.08. The van der Waals surface area contributed by atoms with Crippen LogP contribution in [0.1, 0.15) is 23.1 Å². The third kappa shape index (κ3) is 4.08. The van der Waals surface area contributed by atoms with Crippen LogP contribution in [0, 0.1) is 6.92 Å². The molecule has 0 bridgehead atoms. The zero-order valence-electron chi connectivity index (χ0n) is 15.3. The third-order valence-electron chi connectivity index (χ3n) is 4.63. The predicted molar refractivity (Wildman–Crippen MR) is 108 cm³/mol. The van der Waals surface area contributed by atoms with Gasteiger partial charge in [0, 0.05) is 35.8 Å².